The Morgan fingerprint density at radius 2 is 1.85 bits per heavy atom. The summed E-state index contributed by atoms with van der Waals surface area (Å²) in [7, 11) is 1.64. The van der Waals surface area contributed by atoms with Gasteiger partial charge >= 0.3 is 0 Å². The van der Waals surface area contributed by atoms with E-state index in [0.29, 0.717) is 12.3 Å². The van der Waals surface area contributed by atoms with E-state index in [2.05, 4.69) is 4.98 Å². The van der Waals surface area contributed by atoms with E-state index in [9.17, 15) is 9.18 Å². The smallest absolute Gasteiger partial charge is 0.250 e. The average Bonchev–Trinajstić information content (AvgIpc) is 3.21. The minimum atomic E-state index is -0.273. The summed E-state index contributed by atoms with van der Waals surface area (Å²) in [5, 5.41) is 0. The van der Waals surface area contributed by atoms with E-state index < -0.39 is 0 Å². The second-order valence-electron chi connectivity index (χ2n) is 7.85. The van der Waals surface area contributed by atoms with Crippen LogP contribution in [-0.4, -0.2) is 39.5 Å². The number of carbonyl (C=O) groups excluding carboxylic acids is 1. The van der Waals surface area contributed by atoms with E-state index in [1.54, 1.807) is 25.6 Å². The third-order valence-electron chi connectivity index (χ3n) is 5.74. The third kappa shape index (κ3) is 6.34. The molecule has 0 bridgehead atoms. The first-order valence-electron chi connectivity index (χ1n) is 10.4. The number of hydrogen-bond acceptors (Lipinski definition) is 3. The molecule has 1 saturated heterocycles. The minimum Gasteiger partial charge on any atom is -0.495 e. The SMILES string of the molecule is Br.Br.COc1cc(/C=C2\CCCN([C@@H](C)c3ccc(F)cc3)C2=O)ccc1-n1cnc(C)c1.O. The van der Waals surface area contributed by atoms with Crippen molar-refractivity contribution in [2.24, 2.45) is 0 Å². The Bertz CT molecular complexity index is 1130. The first-order valence-corrected chi connectivity index (χ1v) is 10.4. The van der Waals surface area contributed by atoms with Crippen molar-refractivity contribution in [2.45, 2.75) is 32.7 Å². The Morgan fingerprint density at radius 1 is 1.15 bits per heavy atom. The maximum absolute atomic E-state index is 13.3. The molecule has 0 unspecified atom stereocenters. The summed E-state index contributed by atoms with van der Waals surface area (Å²) < 4.78 is 20.8. The van der Waals surface area contributed by atoms with Gasteiger partial charge in [-0.25, -0.2) is 9.37 Å². The van der Waals surface area contributed by atoms with Gasteiger partial charge in [-0.2, -0.15) is 0 Å². The molecule has 1 atom stereocenters. The largest absolute Gasteiger partial charge is 0.495 e. The number of likely N-dealkylation sites (tertiary alicyclic amines) is 1. The fourth-order valence-corrected chi connectivity index (χ4v) is 4.01. The minimum absolute atomic E-state index is 0. The topological polar surface area (TPSA) is 78.9 Å². The van der Waals surface area contributed by atoms with Crippen LogP contribution in [0.5, 0.6) is 5.75 Å². The zero-order chi connectivity index (χ0) is 22.0. The molecule has 1 fully saturated rings. The molecular formula is C25H30Br2FN3O3. The number of aryl methyl sites for hydroxylation is 1. The van der Waals surface area contributed by atoms with Crippen molar-refractivity contribution in [3.63, 3.8) is 0 Å². The molecule has 2 N–H and O–H groups in total. The fourth-order valence-electron chi connectivity index (χ4n) is 4.01. The predicted molar refractivity (Wildman–Crippen MR) is 143 cm³/mol. The normalized spacial score (nSPS) is 15.1. The molecule has 9 heteroatoms. The fraction of sp³-hybridized carbons (Fsp3) is 0.280. The Hall–Kier alpha value is -2.49. The lowest BCUT2D eigenvalue weighted by Gasteiger charge is -2.34. The van der Waals surface area contributed by atoms with Gasteiger partial charge in [0.2, 0.25) is 5.91 Å². The monoisotopic (exact) mass is 597 g/mol. The molecule has 6 nitrogen and oxygen atoms in total. The van der Waals surface area contributed by atoms with Gasteiger partial charge in [0.15, 0.2) is 0 Å². The van der Waals surface area contributed by atoms with Crippen LogP contribution in [0.25, 0.3) is 11.8 Å². The number of amides is 1. The summed E-state index contributed by atoms with van der Waals surface area (Å²) in [5.74, 6) is 0.465. The second kappa shape index (κ2) is 12.8. The quantitative estimate of drug-likeness (QED) is 0.368. The third-order valence-corrected chi connectivity index (χ3v) is 5.74. The lowest BCUT2D eigenvalue weighted by atomic mass is 9.97. The molecule has 0 radical (unpaired) electrons. The van der Waals surface area contributed by atoms with Crippen LogP contribution in [0, 0.1) is 12.7 Å². The number of nitrogens with zero attached hydrogens (tertiary/aromatic N) is 3. The van der Waals surface area contributed by atoms with E-state index in [1.807, 2.05) is 53.8 Å². The Labute approximate surface area is 220 Å². The number of imidazole rings is 1. The van der Waals surface area contributed by atoms with Crippen molar-refractivity contribution in [1.82, 2.24) is 14.5 Å². The van der Waals surface area contributed by atoms with Crippen molar-refractivity contribution in [3.8, 4) is 11.4 Å². The maximum Gasteiger partial charge on any atom is 0.250 e. The lowest BCUT2D eigenvalue weighted by Crippen LogP contribution is -2.38. The van der Waals surface area contributed by atoms with Crippen LogP contribution in [0.4, 0.5) is 4.39 Å². The van der Waals surface area contributed by atoms with Crippen molar-refractivity contribution in [2.75, 3.05) is 13.7 Å². The molecule has 0 saturated carbocycles. The van der Waals surface area contributed by atoms with Crippen LogP contribution in [0.2, 0.25) is 0 Å². The number of aromatic nitrogens is 2. The number of carbonyl (C=O) groups is 1. The van der Waals surface area contributed by atoms with Gasteiger partial charge < -0.3 is 19.7 Å². The predicted octanol–water partition coefficient (Wildman–Crippen LogP) is 5.43. The number of piperidine rings is 1. The van der Waals surface area contributed by atoms with E-state index in [-0.39, 0.29) is 57.2 Å². The average molecular weight is 599 g/mol. The molecule has 1 aliphatic rings. The second-order valence-corrected chi connectivity index (χ2v) is 7.85. The molecule has 1 amide bonds. The number of methoxy groups -OCH3 is 1. The van der Waals surface area contributed by atoms with Crippen LogP contribution >= 0.6 is 34.0 Å². The standard InChI is InChI=1S/C25H26FN3O2.2BrH.H2O/c1-17-15-28(16-27-17)23-11-6-19(14-24(23)31-3)13-21-5-4-12-29(25(21)30)18(2)20-7-9-22(26)10-8-20;;;/h6-11,13-16,18H,4-5,12H2,1-3H3;2*1H;1H2/b21-13+;;;/t18-;;;/m0.../s1. The van der Waals surface area contributed by atoms with Crippen molar-refractivity contribution < 1.29 is 19.4 Å². The zero-order valence-electron chi connectivity index (χ0n) is 19.3. The summed E-state index contributed by atoms with van der Waals surface area (Å²) in [6, 6.07) is 12.1. The first kappa shape index (κ1) is 29.5. The van der Waals surface area contributed by atoms with E-state index >= 15 is 0 Å². The van der Waals surface area contributed by atoms with Gasteiger partial charge in [-0.3, -0.25) is 4.79 Å². The highest BCUT2D eigenvalue weighted by Gasteiger charge is 2.28. The summed E-state index contributed by atoms with van der Waals surface area (Å²) in [6.07, 6.45) is 7.26. The summed E-state index contributed by atoms with van der Waals surface area (Å²) in [6.45, 7) is 4.62. The molecule has 0 spiro atoms. The highest BCUT2D eigenvalue weighted by Crippen LogP contribution is 2.30. The Morgan fingerprint density at radius 3 is 2.47 bits per heavy atom. The highest BCUT2D eigenvalue weighted by molar-refractivity contribution is 8.93. The van der Waals surface area contributed by atoms with Gasteiger partial charge in [0.05, 0.1) is 30.9 Å². The number of rotatable bonds is 5. The molecule has 1 aliphatic heterocycles. The number of hydrogen-bond donors (Lipinski definition) is 0. The molecule has 0 aliphatic carbocycles. The van der Waals surface area contributed by atoms with E-state index in [1.165, 1.54) is 12.1 Å². The molecule has 34 heavy (non-hydrogen) atoms. The molecule has 2 aromatic carbocycles. The zero-order valence-corrected chi connectivity index (χ0v) is 22.8. The van der Waals surface area contributed by atoms with Crippen LogP contribution in [-0.2, 0) is 4.79 Å². The highest BCUT2D eigenvalue weighted by atomic mass is 79.9. The number of halogens is 3. The molecule has 1 aromatic heterocycles. The maximum atomic E-state index is 13.3. The van der Waals surface area contributed by atoms with Gasteiger partial charge in [-0.05, 0) is 68.2 Å². The summed E-state index contributed by atoms with van der Waals surface area (Å²) in [5.41, 5.74) is 4.44. The van der Waals surface area contributed by atoms with E-state index in [0.717, 1.165) is 40.9 Å². The molecule has 3 aromatic rings. The first-order chi connectivity index (χ1) is 15.0. The van der Waals surface area contributed by atoms with E-state index in [4.69, 9.17) is 4.74 Å². The van der Waals surface area contributed by atoms with Gasteiger partial charge in [-0.15, -0.1) is 34.0 Å². The molecule has 2 heterocycles. The van der Waals surface area contributed by atoms with Gasteiger partial charge in [0, 0.05) is 18.3 Å². The van der Waals surface area contributed by atoms with Crippen LogP contribution < -0.4 is 4.74 Å². The Kier molecular flexibility index (Phi) is 11.1. The van der Waals surface area contributed by atoms with Gasteiger partial charge in [0.1, 0.15) is 11.6 Å². The van der Waals surface area contributed by atoms with Crippen molar-refractivity contribution in [3.05, 3.63) is 83.2 Å². The molecule has 4 rings (SSSR count). The lowest BCUT2D eigenvalue weighted by molar-refractivity contribution is -0.130. The van der Waals surface area contributed by atoms with Crippen molar-refractivity contribution >= 4 is 45.9 Å². The Balaban J connectivity index is 0.00000193. The van der Waals surface area contributed by atoms with Gasteiger partial charge in [-0.1, -0.05) is 18.2 Å². The number of ether oxygens (including phenoxy) is 1. The number of benzene rings is 2. The van der Waals surface area contributed by atoms with Gasteiger partial charge in [0.25, 0.3) is 0 Å². The summed E-state index contributed by atoms with van der Waals surface area (Å²) >= 11 is 0. The van der Waals surface area contributed by atoms with Crippen LogP contribution in [0.15, 0.2) is 60.6 Å². The van der Waals surface area contributed by atoms with Crippen LogP contribution in [0.1, 0.15) is 42.6 Å². The summed E-state index contributed by atoms with van der Waals surface area (Å²) in [4.78, 5) is 19.3. The molecule has 184 valence electrons. The van der Waals surface area contributed by atoms with Crippen molar-refractivity contribution in [1.29, 1.82) is 0 Å². The van der Waals surface area contributed by atoms with Crippen LogP contribution in [0.3, 0.4) is 0 Å². The molecular weight excluding hydrogens is 569 g/mol.